The Labute approximate surface area is 140 Å². The van der Waals surface area contributed by atoms with E-state index >= 15 is 0 Å². The Morgan fingerprint density at radius 3 is 2.43 bits per heavy atom. The third-order valence-electron chi connectivity index (χ3n) is 8.99. The lowest BCUT2D eigenvalue weighted by Crippen LogP contribution is -2.53. The van der Waals surface area contributed by atoms with Crippen LogP contribution in [0.5, 0.6) is 0 Å². The van der Waals surface area contributed by atoms with E-state index in [-0.39, 0.29) is 0 Å². The van der Waals surface area contributed by atoms with Crippen LogP contribution in [0, 0.1) is 40.4 Å². The first-order valence-electron chi connectivity index (χ1n) is 9.94. The molecule has 0 aromatic carbocycles. The van der Waals surface area contributed by atoms with Gasteiger partial charge >= 0.3 is 0 Å². The number of alkyl halides is 1. The molecule has 4 aliphatic rings. The van der Waals surface area contributed by atoms with Crippen LogP contribution in [-0.4, -0.2) is 11.3 Å². The van der Waals surface area contributed by atoms with E-state index in [4.69, 9.17) is 0 Å². The summed E-state index contributed by atoms with van der Waals surface area (Å²) in [6, 6.07) is 0. The zero-order valence-electron chi connectivity index (χ0n) is 14.8. The van der Waals surface area contributed by atoms with Crippen molar-refractivity contribution in [2.45, 2.75) is 77.8 Å². The van der Waals surface area contributed by atoms with Crippen LogP contribution < -0.4 is 0 Å². The molecule has 0 heterocycles. The summed E-state index contributed by atoms with van der Waals surface area (Å²) < 4.78 is 13.9. The summed E-state index contributed by atoms with van der Waals surface area (Å²) in [6.07, 6.45) is 13.3. The van der Waals surface area contributed by atoms with Crippen LogP contribution >= 0.6 is 0 Å². The first-order chi connectivity index (χ1) is 11.0. The lowest BCUT2D eigenvalue weighted by Gasteiger charge is -2.60. The van der Waals surface area contributed by atoms with E-state index < -0.39 is 6.17 Å². The lowest BCUT2D eigenvalue weighted by molar-refractivity contribution is -0.117. The summed E-state index contributed by atoms with van der Waals surface area (Å²) in [5, 5.41) is 9.27. The molecule has 8 atom stereocenters. The van der Waals surface area contributed by atoms with Crippen molar-refractivity contribution < 1.29 is 9.50 Å². The monoisotopic (exact) mass is 320 g/mol. The van der Waals surface area contributed by atoms with Gasteiger partial charge in [-0.25, -0.2) is 4.39 Å². The largest absolute Gasteiger partial charge is 0.516 e. The van der Waals surface area contributed by atoms with E-state index in [1.807, 2.05) is 0 Å². The van der Waals surface area contributed by atoms with Gasteiger partial charge in [-0.3, -0.25) is 0 Å². The van der Waals surface area contributed by atoms with Crippen LogP contribution in [0.4, 0.5) is 4.39 Å². The second kappa shape index (κ2) is 5.49. The van der Waals surface area contributed by atoms with Crippen molar-refractivity contribution in [1.29, 1.82) is 0 Å². The molecule has 23 heavy (non-hydrogen) atoms. The maximum absolute atomic E-state index is 13.9. The van der Waals surface area contributed by atoms with Crippen molar-refractivity contribution >= 4 is 0 Å². The molecule has 0 bridgehead atoms. The topological polar surface area (TPSA) is 20.2 Å². The van der Waals surface area contributed by atoms with Crippen LogP contribution in [0.1, 0.15) is 71.6 Å². The number of aliphatic hydroxyl groups excluding tert-OH is 1. The first kappa shape index (κ1) is 16.0. The minimum absolute atomic E-state index is 0.390. The molecule has 0 aromatic heterocycles. The number of halogens is 1. The minimum atomic E-state index is -0.538. The van der Waals surface area contributed by atoms with Gasteiger partial charge in [0.25, 0.3) is 0 Å². The second-order valence-corrected chi connectivity index (χ2v) is 9.60. The first-order valence-corrected chi connectivity index (χ1v) is 9.94. The maximum Gasteiger partial charge on any atom is 0.100 e. The quantitative estimate of drug-likeness (QED) is 0.583. The number of hydrogen-bond acceptors (Lipinski definition) is 1. The van der Waals surface area contributed by atoms with Gasteiger partial charge in [0, 0.05) is 0 Å². The van der Waals surface area contributed by atoms with Crippen molar-refractivity contribution in [2.75, 3.05) is 0 Å². The van der Waals surface area contributed by atoms with Crippen LogP contribution in [-0.2, 0) is 0 Å². The van der Waals surface area contributed by atoms with E-state index in [1.165, 1.54) is 44.8 Å². The predicted octanol–water partition coefficient (Wildman–Crippen LogP) is 6.06. The van der Waals surface area contributed by atoms with Gasteiger partial charge in [-0.2, -0.15) is 0 Å². The Hall–Kier alpha value is -0.530. The highest BCUT2D eigenvalue weighted by Gasteiger charge is 2.59. The van der Waals surface area contributed by atoms with Gasteiger partial charge in [-0.15, -0.1) is 0 Å². The third kappa shape index (κ3) is 2.23. The maximum atomic E-state index is 13.9. The standard InChI is InChI=1S/C21H33FO/c1-20-11-8-19-17(18(20)6-4-14(20)9-12-23)5-3-15-13-16(22)7-10-21(15,19)2/h9,12,14-19,23H,3-8,10-11,13H2,1-2H3/t14-,15?,16+,17+,18+,19+,20-,21+/m1/s1. The highest BCUT2D eigenvalue weighted by molar-refractivity contribution is 5.11. The van der Waals surface area contributed by atoms with Gasteiger partial charge in [0.05, 0.1) is 6.26 Å². The second-order valence-electron chi connectivity index (χ2n) is 9.60. The molecule has 4 rings (SSSR count). The molecular weight excluding hydrogens is 287 g/mol. The Bertz CT molecular complexity index is 488. The normalized spacial score (nSPS) is 56.1. The average molecular weight is 320 g/mol. The van der Waals surface area contributed by atoms with Gasteiger partial charge in [-0.05, 0) is 104 Å². The Morgan fingerprint density at radius 1 is 0.913 bits per heavy atom. The summed E-state index contributed by atoms with van der Waals surface area (Å²) in [7, 11) is 0. The van der Waals surface area contributed by atoms with Gasteiger partial charge in [0.15, 0.2) is 0 Å². The van der Waals surface area contributed by atoms with Crippen LogP contribution in [0.25, 0.3) is 0 Å². The van der Waals surface area contributed by atoms with Crippen molar-refractivity contribution in [3.63, 3.8) is 0 Å². The predicted molar refractivity (Wildman–Crippen MR) is 91.9 cm³/mol. The molecule has 4 fully saturated rings. The SMILES string of the molecule is C[C@]12CC[C@H]3[C@@H](CCC4C[C@@H](F)CC[C@@]43C)[C@@H]1CC[C@@H]2C=CO. The van der Waals surface area contributed by atoms with Gasteiger partial charge in [0.1, 0.15) is 6.17 Å². The Morgan fingerprint density at radius 2 is 1.65 bits per heavy atom. The number of allylic oxidation sites excluding steroid dienone is 1. The molecule has 0 radical (unpaired) electrons. The molecule has 0 aromatic rings. The molecule has 4 aliphatic carbocycles. The number of hydrogen-bond donors (Lipinski definition) is 1. The summed E-state index contributed by atoms with van der Waals surface area (Å²) in [5.41, 5.74) is 0.790. The van der Waals surface area contributed by atoms with Crippen molar-refractivity contribution in [2.24, 2.45) is 40.4 Å². The fraction of sp³-hybridized carbons (Fsp3) is 0.905. The lowest BCUT2D eigenvalue weighted by atomic mass is 9.45. The molecule has 130 valence electrons. The van der Waals surface area contributed by atoms with E-state index in [9.17, 15) is 9.50 Å². The molecule has 2 heteroatoms. The van der Waals surface area contributed by atoms with Crippen molar-refractivity contribution in [3.8, 4) is 0 Å². The van der Waals surface area contributed by atoms with Crippen molar-refractivity contribution in [3.05, 3.63) is 12.3 Å². The fourth-order valence-corrected chi connectivity index (χ4v) is 7.67. The van der Waals surface area contributed by atoms with Crippen LogP contribution in [0.3, 0.4) is 0 Å². The third-order valence-corrected chi connectivity index (χ3v) is 8.99. The van der Waals surface area contributed by atoms with Crippen LogP contribution in [0.15, 0.2) is 12.3 Å². The molecule has 1 nitrogen and oxygen atoms in total. The molecule has 0 spiro atoms. The van der Waals surface area contributed by atoms with E-state index in [1.54, 1.807) is 0 Å². The summed E-state index contributed by atoms with van der Waals surface area (Å²) in [6.45, 7) is 4.99. The molecule has 0 saturated heterocycles. The summed E-state index contributed by atoms with van der Waals surface area (Å²) >= 11 is 0. The highest BCUT2D eigenvalue weighted by atomic mass is 19.1. The fourth-order valence-electron chi connectivity index (χ4n) is 7.67. The van der Waals surface area contributed by atoms with Gasteiger partial charge in [0.2, 0.25) is 0 Å². The molecule has 4 saturated carbocycles. The highest BCUT2D eigenvalue weighted by Crippen LogP contribution is 2.67. The Balaban J connectivity index is 1.60. The van der Waals surface area contributed by atoms with Gasteiger partial charge in [-0.1, -0.05) is 13.8 Å². The minimum Gasteiger partial charge on any atom is -0.516 e. The molecule has 1 unspecified atom stereocenters. The molecule has 0 amide bonds. The van der Waals surface area contributed by atoms with E-state index in [0.717, 1.165) is 37.0 Å². The zero-order valence-corrected chi connectivity index (χ0v) is 14.8. The zero-order chi connectivity index (χ0) is 16.2. The smallest absolute Gasteiger partial charge is 0.100 e. The van der Waals surface area contributed by atoms with E-state index in [0.29, 0.717) is 22.7 Å². The number of fused-ring (bicyclic) bond motifs is 5. The van der Waals surface area contributed by atoms with E-state index in [2.05, 4.69) is 19.9 Å². The Kier molecular flexibility index (Phi) is 3.81. The molecule has 0 aliphatic heterocycles. The number of aliphatic hydroxyl groups is 1. The van der Waals surface area contributed by atoms with Crippen LogP contribution in [0.2, 0.25) is 0 Å². The summed E-state index contributed by atoms with van der Waals surface area (Å²) in [4.78, 5) is 0. The molecule has 1 N–H and O–H groups in total. The van der Waals surface area contributed by atoms with Gasteiger partial charge < -0.3 is 5.11 Å². The number of rotatable bonds is 1. The summed E-state index contributed by atoms with van der Waals surface area (Å²) in [5.74, 6) is 3.69. The molecular formula is C21H33FO. The average Bonchev–Trinajstić information content (AvgIpc) is 2.85. The van der Waals surface area contributed by atoms with Crippen molar-refractivity contribution in [1.82, 2.24) is 0 Å².